The summed E-state index contributed by atoms with van der Waals surface area (Å²) in [6.45, 7) is 4.57. The lowest BCUT2D eigenvalue weighted by atomic mass is 10.2. The van der Waals surface area contributed by atoms with Crippen LogP contribution in [0.2, 0.25) is 5.02 Å². The number of benzene rings is 2. The van der Waals surface area contributed by atoms with Gasteiger partial charge in [-0.15, -0.1) is 0 Å². The molecule has 0 fully saturated rings. The van der Waals surface area contributed by atoms with E-state index < -0.39 is 0 Å². The van der Waals surface area contributed by atoms with Crippen molar-refractivity contribution in [3.63, 3.8) is 0 Å². The van der Waals surface area contributed by atoms with Crippen molar-refractivity contribution < 1.29 is 9.53 Å². The summed E-state index contributed by atoms with van der Waals surface area (Å²) in [7, 11) is 0. The number of para-hydroxylation sites is 2. The van der Waals surface area contributed by atoms with Gasteiger partial charge in [0, 0.05) is 10.7 Å². The molecule has 22 heavy (non-hydrogen) atoms. The van der Waals surface area contributed by atoms with Crippen LogP contribution in [0, 0.1) is 6.92 Å². The highest BCUT2D eigenvalue weighted by atomic mass is 35.5. The standard InChI is InChI=1S/C17H19ClN2O2/c1-3-22-16-7-5-4-6-15(16)20-17(21)11-19-14-9-8-13(18)10-12(14)2/h4-10,19H,3,11H2,1-2H3,(H,20,21). The highest BCUT2D eigenvalue weighted by Crippen LogP contribution is 2.23. The summed E-state index contributed by atoms with van der Waals surface area (Å²) >= 11 is 5.91. The highest BCUT2D eigenvalue weighted by molar-refractivity contribution is 6.30. The molecule has 0 saturated carbocycles. The molecule has 0 aliphatic heterocycles. The number of carbonyl (C=O) groups is 1. The Labute approximate surface area is 135 Å². The number of aryl methyl sites for hydroxylation is 1. The van der Waals surface area contributed by atoms with Crippen LogP contribution in [-0.2, 0) is 4.79 Å². The maximum Gasteiger partial charge on any atom is 0.243 e. The zero-order valence-electron chi connectivity index (χ0n) is 12.7. The maximum absolute atomic E-state index is 12.1. The van der Waals surface area contributed by atoms with Gasteiger partial charge in [0.15, 0.2) is 0 Å². The summed E-state index contributed by atoms with van der Waals surface area (Å²) in [6, 6.07) is 12.9. The molecule has 0 unspecified atom stereocenters. The third kappa shape index (κ3) is 4.40. The van der Waals surface area contributed by atoms with Crippen LogP contribution in [0.5, 0.6) is 5.75 Å². The largest absolute Gasteiger partial charge is 0.492 e. The summed E-state index contributed by atoms with van der Waals surface area (Å²) in [5.74, 6) is 0.530. The number of rotatable bonds is 6. The van der Waals surface area contributed by atoms with Gasteiger partial charge in [-0.2, -0.15) is 0 Å². The van der Waals surface area contributed by atoms with Crippen molar-refractivity contribution in [2.75, 3.05) is 23.8 Å². The van der Waals surface area contributed by atoms with Crippen LogP contribution in [0.25, 0.3) is 0 Å². The second-order valence-corrected chi connectivity index (χ2v) is 5.23. The van der Waals surface area contributed by atoms with Crippen molar-refractivity contribution >= 4 is 28.9 Å². The van der Waals surface area contributed by atoms with Gasteiger partial charge >= 0.3 is 0 Å². The SMILES string of the molecule is CCOc1ccccc1NC(=O)CNc1ccc(Cl)cc1C. The Kier molecular flexibility index (Phi) is 5.67. The van der Waals surface area contributed by atoms with E-state index >= 15 is 0 Å². The molecule has 2 aromatic carbocycles. The first kappa shape index (κ1) is 16.2. The van der Waals surface area contributed by atoms with Crippen molar-refractivity contribution in [3.8, 4) is 5.75 Å². The van der Waals surface area contributed by atoms with Crippen LogP contribution in [0.3, 0.4) is 0 Å². The molecule has 0 aromatic heterocycles. The van der Waals surface area contributed by atoms with E-state index in [-0.39, 0.29) is 12.5 Å². The van der Waals surface area contributed by atoms with Crippen molar-refractivity contribution in [3.05, 3.63) is 53.1 Å². The molecule has 0 saturated heterocycles. The number of anilines is 2. The van der Waals surface area contributed by atoms with Crippen LogP contribution in [0.4, 0.5) is 11.4 Å². The van der Waals surface area contributed by atoms with E-state index in [9.17, 15) is 4.79 Å². The molecule has 5 heteroatoms. The molecule has 4 nitrogen and oxygen atoms in total. The molecule has 2 rings (SSSR count). The average molecular weight is 319 g/mol. The molecular weight excluding hydrogens is 300 g/mol. The van der Waals surface area contributed by atoms with E-state index in [2.05, 4.69) is 10.6 Å². The van der Waals surface area contributed by atoms with Crippen LogP contribution in [0.1, 0.15) is 12.5 Å². The minimum atomic E-state index is -0.137. The van der Waals surface area contributed by atoms with E-state index in [4.69, 9.17) is 16.3 Å². The van der Waals surface area contributed by atoms with Gasteiger partial charge in [-0.3, -0.25) is 4.79 Å². The Bertz CT molecular complexity index is 659. The molecule has 0 bridgehead atoms. The predicted molar refractivity (Wildman–Crippen MR) is 90.9 cm³/mol. The first-order chi connectivity index (χ1) is 10.6. The number of carbonyl (C=O) groups excluding carboxylic acids is 1. The van der Waals surface area contributed by atoms with E-state index in [1.807, 2.05) is 50.2 Å². The minimum absolute atomic E-state index is 0.137. The molecule has 0 spiro atoms. The lowest BCUT2D eigenvalue weighted by Gasteiger charge is -2.13. The fourth-order valence-electron chi connectivity index (χ4n) is 2.05. The second kappa shape index (κ2) is 7.71. The Balaban J connectivity index is 1.96. The van der Waals surface area contributed by atoms with Crippen molar-refractivity contribution in [2.24, 2.45) is 0 Å². The molecule has 0 aliphatic rings. The fraction of sp³-hybridized carbons (Fsp3) is 0.235. The van der Waals surface area contributed by atoms with E-state index in [0.29, 0.717) is 23.1 Å². The van der Waals surface area contributed by atoms with Gasteiger partial charge < -0.3 is 15.4 Å². The Morgan fingerprint density at radius 2 is 1.95 bits per heavy atom. The zero-order valence-corrected chi connectivity index (χ0v) is 13.4. The molecule has 0 heterocycles. The first-order valence-corrected chi connectivity index (χ1v) is 7.49. The van der Waals surface area contributed by atoms with Gasteiger partial charge in [0.2, 0.25) is 5.91 Å². The van der Waals surface area contributed by atoms with Gasteiger partial charge in [-0.25, -0.2) is 0 Å². The molecule has 2 aromatic rings. The van der Waals surface area contributed by atoms with Crippen LogP contribution in [-0.4, -0.2) is 19.1 Å². The number of nitrogens with one attached hydrogen (secondary N) is 2. The van der Waals surface area contributed by atoms with Gasteiger partial charge in [-0.05, 0) is 49.7 Å². The van der Waals surface area contributed by atoms with Gasteiger partial charge in [0.05, 0.1) is 18.8 Å². The third-order valence-corrected chi connectivity index (χ3v) is 3.32. The molecule has 1 amide bonds. The summed E-state index contributed by atoms with van der Waals surface area (Å²) in [5, 5.41) is 6.62. The third-order valence-electron chi connectivity index (χ3n) is 3.09. The van der Waals surface area contributed by atoms with Gasteiger partial charge in [0.1, 0.15) is 5.75 Å². The predicted octanol–water partition coefficient (Wildman–Crippen LogP) is 4.10. The second-order valence-electron chi connectivity index (χ2n) is 4.79. The van der Waals surface area contributed by atoms with Crippen LogP contribution < -0.4 is 15.4 Å². The van der Waals surface area contributed by atoms with E-state index in [1.54, 1.807) is 6.07 Å². The number of ether oxygens (including phenoxy) is 1. The van der Waals surface area contributed by atoms with Crippen LogP contribution in [0.15, 0.2) is 42.5 Å². The summed E-state index contributed by atoms with van der Waals surface area (Å²) in [6.07, 6.45) is 0. The number of halogens is 1. The topological polar surface area (TPSA) is 50.4 Å². The van der Waals surface area contributed by atoms with Crippen molar-refractivity contribution in [1.82, 2.24) is 0 Å². The normalized spacial score (nSPS) is 10.1. The van der Waals surface area contributed by atoms with Crippen molar-refractivity contribution in [1.29, 1.82) is 0 Å². The smallest absolute Gasteiger partial charge is 0.243 e. The molecule has 0 radical (unpaired) electrons. The highest BCUT2D eigenvalue weighted by Gasteiger charge is 2.08. The summed E-state index contributed by atoms with van der Waals surface area (Å²) in [5.41, 5.74) is 2.55. The minimum Gasteiger partial charge on any atom is -0.492 e. The molecule has 116 valence electrons. The lowest BCUT2D eigenvalue weighted by molar-refractivity contribution is -0.114. The molecule has 0 atom stereocenters. The quantitative estimate of drug-likeness (QED) is 0.843. The number of amides is 1. The molecule has 2 N–H and O–H groups in total. The fourth-order valence-corrected chi connectivity index (χ4v) is 2.27. The number of hydrogen-bond donors (Lipinski definition) is 2. The lowest BCUT2D eigenvalue weighted by Crippen LogP contribution is -2.22. The Morgan fingerprint density at radius 1 is 1.18 bits per heavy atom. The number of hydrogen-bond acceptors (Lipinski definition) is 3. The van der Waals surface area contributed by atoms with Gasteiger partial charge in [0.25, 0.3) is 0 Å². The zero-order chi connectivity index (χ0) is 15.9. The molecule has 0 aliphatic carbocycles. The summed E-state index contributed by atoms with van der Waals surface area (Å²) < 4.78 is 5.48. The maximum atomic E-state index is 12.1. The average Bonchev–Trinajstić information content (AvgIpc) is 2.48. The monoisotopic (exact) mass is 318 g/mol. The Morgan fingerprint density at radius 3 is 2.68 bits per heavy atom. The van der Waals surface area contributed by atoms with Crippen LogP contribution >= 0.6 is 11.6 Å². The molecular formula is C17H19ClN2O2. The Hall–Kier alpha value is -2.20. The summed E-state index contributed by atoms with van der Waals surface area (Å²) in [4.78, 5) is 12.1. The first-order valence-electron chi connectivity index (χ1n) is 7.12. The van der Waals surface area contributed by atoms with E-state index in [0.717, 1.165) is 11.3 Å². The van der Waals surface area contributed by atoms with E-state index in [1.165, 1.54) is 0 Å². The van der Waals surface area contributed by atoms with Gasteiger partial charge in [-0.1, -0.05) is 23.7 Å². The van der Waals surface area contributed by atoms with Crippen molar-refractivity contribution in [2.45, 2.75) is 13.8 Å².